The molecule has 0 unspecified atom stereocenters. The van der Waals surface area contributed by atoms with Crippen LogP contribution in [-0.2, 0) is 21.2 Å². The fourth-order valence-corrected chi connectivity index (χ4v) is 6.87. The Kier molecular flexibility index (Phi) is 6.32. The molecule has 160 valence electrons. The van der Waals surface area contributed by atoms with Gasteiger partial charge < -0.3 is 9.84 Å². The second kappa shape index (κ2) is 8.96. The van der Waals surface area contributed by atoms with Crippen LogP contribution in [0.3, 0.4) is 0 Å². The van der Waals surface area contributed by atoms with Gasteiger partial charge in [-0.1, -0.05) is 11.2 Å². The summed E-state index contributed by atoms with van der Waals surface area (Å²) >= 11 is 2.82. The molecule has 0 radical (unpaired) electrons. The molecule has 0 aliphatic carbocycles. The van der Waals surface area contributed by atoms with Gasteiger partial charge >= 0.3 is 0 Å². The fraction of sp³-hybridized carbons (Fsp3) is 0.421. The Balaban J connectivity index is 1.31. The Hall–Kier alpha value is -2.08. The molecule has 0 aromatic carbocycles. The van der Waals surface area contributed by atoms with Crippen molar-refractivity contribution in [3.05, 3.63) is 39.7 Å². The molecule has 0 spiro atoms. The number of rotatable bonds is 7. The third-order valence-corrected chi connectivity index (χ3v) is 9.28. The van der Waals surface area contributed by atoms with E-state index in [1.165, 1.54) is 9.18 Å². The van der Waals surface area contributed by atoms with E-state index in [1.54, 1.807) is 29.7 Å². The molecular formula is C19H22N4O4S3. The van der Waals surface area contributed by atoms with Gasteiger partial charge in [-0.3, -0.25) is 4.79 Å². The van der Waals surface area contributed by atoms with Gasteiger partial charge in [0.05, 0.1) is 0 Å². The SMILES string of the molecule is Cc1nc(-c2csc(S(=O)(=O)N3CCC(C(=O)NCCc4cccs4)CC3)c2)no1. The molecule has 4 heterocycles. The molecule has 4 rings (SSSR count). The van der Waals surface area contributed by atoms with Crippen molar-refractivity contribution in [2.24, 2.45) is 5.92 Å². The number of nitrogens with zero attached hydrogens (tertiary/aromatic N) is 3. The zero-order valence-corrected chi connectivity index (χ0v) is 18.9. The van der Waals surface area contributed by atoms with Gasteiger partial charge in [0.25, 0.3) is 10.0 Å². The summed E-state index contributed by atoms with van der Waals surface area (Å²) in [6.45, 7) is 2.95. The van der Waals surface area contributed by atoms with E-state index in [-0.39, 0.29) is 16.0 Å². The maximum absolute atomic E-state index is 13.0. The monoisotopic (exact) mass is 466 g/mol. The van der Waals surface area contributed by atoms with Gasteiger partial charge in [0.1, 0.15) is 4.21 Å². The first-order valence-electron chi connectivity index (χ1n) is 9.63. The minimum absolute atomic E-state index is 0.00879. The van der Waals surface area contributed by atoms with Gasteiger partial charge in [-0.05, 0) is 36.8 Å². The molecule has 30 heavy (non-hydrogen) atoms. The van der Waals surface area contributed by atoms with Gasteiger partial charge in [0.15, 0.2) is 0 Å². The van der Waals surface area contributed by atoms with Gasteiger partial charge in [0, 0.05) is 48.3 Å². The van der Waals surface area contributed by atoms with E-state index >= 15 is 0 Å². The zero-order chi connectivity index (χ0) is 21.1. The number of hydrogen-bond donors (Lipinski definition) is 1. The van der Waals surface area contributed by atoms with Gasteiger partial charge in [-0.2, -0.15) is 9.29 Å². The molecule has 0 bridgehead atoms. The average Bonchev–Trinajstić information content (AvgIpc) is 3.49. The number of piperidine rings is 1. The van der Waals surface area contributed by atoms with Gasteiger partial charge in [-0.15, -0.1) is 22.7 Å². The lowest BCUT2D eigenvalue weighted by Crippen LogP contribution is -2.43. The smallest absolute Gasteiger partial charge is 0.252 e. The Morgan fingerprint density at radius 1 is 1.33 bits per heavy atom. The van der Waals surface area contributed by atoms with Crippen LogP contribution in [0.1, 0.15) is 23.6 Å². The molecule has 0 saturated carbocycles. The minimum Gasteiger partial charge on any atom is -0.355 e. The maximum Gasteiger partial charge on any atom is 0.252 e. The molecule has 1 N–H and O–H groups in total. The Bertz CT molecular complexity index is 1100. The molecule has 1 fully saturated rings. The van der Waals surface area contributed by atoms with Crippen molar-refractivity contribution in [3.63, 3.8) is 0 Å². The van der Waals surface area contributed by atoms with Crippen LogP contribution in [0.4, 0.5) is 0 Å². The fourth-order valence-electron chi connectivity index (χ4n) is 3.38. The Labute approximate surface area is 183 Å². The van der Waals surface area contributed by atoms with E-state index in [4.69, 9.17) is 4.52 Å². The number of aromatic nitrogens is 2. The normalized spacial score (nSPS) is 16.0. The molecule has 3 aromatic heterocycles. The summed E-state index contributed by atoms with van der Waals surface area (Å²) < 4.78 is 32.6. The number of amides is 1. The van der Waals surface area contributed by atoms with Crippen LogP contribution in [0.2, 0.25) is 0 Å². The van der Waals surface area contributed by atoms with Gasteiger partial charge in [0.2, 0.25) is 17.6 Å². The summed E-state index contributed by atoms with van der Waals surface area (Å²) in [6, 6.07) is 5.63. The van der Waals surface area contributed by atoms with Crippen molar-refractivity contribution in [1.29, 1.82) is 0 Å². The molecule has 0 atom stereocenters. The second-order valence-electron chi connectivity index (χ2n) is 7.09. The largest absolute Gasteiger partial charge is 0.355 e. The predicted octanol–water partition coefficient (Wildman–Crippen LogP) is 2.93. The standard InChI is InChI=1S/C19H22N4O4S3/c1-13-21-18(22-27-13)15-11-17(29-12-15)30(25,26)23-8-5-14(6-9-23)19(24)20-7-4-16-3-2-10-28-16/h2-3,10-12,14H,4-9H2,1H3,(H,20,24). The van der Waals surface area contributed by atoms with Crippen molar-refractivity contribution in [3.8, 4) is 11.4 Å². The summed E-state index contributed by atoms with van der Waals surface area (Å²) in [6.07, 6.45) is 1.86. The lowest BCUT2D eigenvalue weighted by Gasteiger charge is -2.30. The lowest BCUT2D eigenvalue weighted by molar-refractivity contribution is -0.126. The molecule has 3 aromatic rings. The number of nitrogens with one attached hydrogen (secondary N) is 1. The highest BCUT2D eigenvalue weighted by molar-refractivity contribution is 7.91. The zero-order valence-electron chi connectivity index (χ0n) is 16.4. The molecule has 8 nitrogen and oxygen atoms in total. The third kappa shape index (κ3) is 4.64. The summed E-state index contributed by atoms with van der Waals surface area (Å²) in [4.78, 5) is 17.8. The first-order valence-corrected chi connectivity index (χ1v) is 12.8. The number of aryl methyl sites for hydroxylation is 1. The average molecular weight is 467 g/mol. The van der Waals surface area contributed by atoms with Crippen LogP contribution in [-0.4, -0.2) is 48.4 Å². The summed E-state index contributed by atoms with van der Waals surface area (Å²) in [5.74, 6) is 0.662. The highest BCUT2D eigenvalue weighted by atomic mass is 32.2. The molecule has 1 saturated heterocycles. The van der Waals surface area contributed by atoms with Crippen LogP contribution in [0.5, 0.6) is 0 Å². The second-order valence-corrected chi connectivity index (χ2v) is 11.2. The van der Waals surface area contributed by atoms with E-state index in [2.05, 4.69) is 21.5 Å². The number of sulfonamides is 1. The van der Waals surface area contributed by atoms with E-state index in [0.717, 1.165) is 17.8 Å². The molecule has 1 aliphatic heterocycles. The molecule has 11 heteroatoms. The van der Waals surface area contributed by atoms with E-state index in [0.29, 0.717) is 49.8 Å². The summed E-state index contributed by atoms with van der Waals surface area (Å²) in [5.41, 5.74) is 0.621. The lowest BCUT2D eigenvalue weighted by atomic mass is 9.97. The highest BCUT2D eigenvalue weighted by Gasteiger charge is 2.33. The topological polar surface area (TPSA) is 105 Å². The van der Waals surface area contributed by atoms with Crippen LogP contribution < -0.4 is 5.32 Å². The molecule has 1 amide bonds. The molecular weight excluding hydrogens is 444 g/mol. The van der Waals surface area contributed by atoms with Crippen molar-refractivity contribution in [2.45, 2.75) is 30.4 Å². The number of carbonyl (C=O) groups excluding carboxylic acids is 1. The first kappa shape index (κ1) is 21.2. The number of carbonyl (C=O) groups is 1. The van der Waals surface area contributed by atoms with Crippen LogP contribution in [0.25, 0.3) is 11.4 Å². The van der Waals surface area contributed by atoms with E-state index in [9.17, 15) is 13.2 Å². The summed E-state index contributed by atoms with van der Waals surface area (Å²) in [7, 11) is -3.60. The van der Waals surface area contributed by atoms with Crippen molar-refractivity contribution in [2.75, 3.05) is 19.6 Å². The van der Waals surface area contributed by atoms with Crippen molar-refractivity contribution >= 4 is 38.6 Å². The Morgan fingerprint density at radius 3 is 2.80 bits per heavy atom. The van der Waals surface area contributed by atoms with E-state index < -0.39 is 10.0 Å². The minimum atomic E-state index is -3.60. The maximum atomic E-state index is 13.0. The number of hydrogen-bond acceptors (Lipinski definition) is 8. The Morgan fingerprint density at radius 2 is 2.13 bits per heavy atom. The van der Waals surface area contributed by atoms with Crippen LogP contribution in [0, 0.1) is 12.8 Å². The number of thiophene rings is 2. The predicted molar refractivity (Wildman–Crippen MR) is 115 cm³/mol. The van der Waals surface area contributed by atoms with Crippen molar-refractivity contribution < 1.29 is 17.7 Å². The highest BCUT2D eigenvalue weighted by Crippen LogP contribution is 2.31. The third-order valence-electron chi connectivity index (χ3n) is 5.03. The molecule has 1 aliphatic rings. The van der Waals surface area contributed by atoms with E-state index in [1.807, 2.05) is 11.4 Å². The van der Waals surface area contributed by atoms with Crippen molar-refractivity contribution in [1.82, 2.24) is 19.8 Å². The summed E-state index contributed by atoms with van der Waals surface area (Å²) in [5, 5.41) is 10.5. The van der Waals surface area contributed by atoms with Crippen LogP contribution in [0.15, 0.2) is 37.7 Å². The quantitative estimate of drug-likeness (QED) is 0.574. The van der Waals surface area contributed by atoms with Gasteiger partial charge in [-0.25, -0.2) is 8.42 Å². The first-order chi connectivity index (χ1) is 14.4. The van der Waals surface area contributed by atoms with Crippen LogP contribution >= 0.6 is 22.7 Å².